The zero-order valence-electron chi connectivity index (χ0n) is 8.36. The Morgan fingerprint density at radius 1 is 1.15 bits per heavy atom. The van der Waals surface area contributed by atoms with Crippen LogP contribution in [0.2, 0.25) is 0 Å². The third-order valence-corrected chi connectivity index (χ3v) is 4.93. The van der Waals surface area contributed by atoms with Gasteiger partial charge in [0.25, 0.3) is 0 Å². The molecular formula is C7H17O4P2+. The molecular weight excluding hydrogens is 210 g/mol. The van der Waals surface area contributed by atoms with Crippen LogP contribution in [-0.4, -0.2) is 33.2 Å². The summed E-state index contributed by atoms with van der Waals surface area (Å²) in [6.45, 7) is 1.92. The predicted molar refractivity (Wildman–Crippen MR) is 54.1 cm³/mol. The summed E-state index contributed by atoms with van der Waals surface area (Å²) < 4.78 is 29.3. The van der Waals surface area contributed by atoms with E-state index in [0.717, 1.165) is 12.3 Å². The van der Waals surface area contributed by atoms with E-state index in [1.807, 2.05) is 6.66 Å². The van der Waals surface area contributed by atoms with Crippen molar-refractivity contribution >= 4 is 15.4 Å². The van der Waals surface area contributed by atoms with Crippen LogP contribution in [0.4, 0.5) is 0 Å². The first-order valence-corrected chi connectivity index (χ1v) is 7.75. The molecule has 0 unspecified atom stereocenters. The standard InChI is InChI=1S/C5H11OP.C2H6O3P/c1-7(6)4-2-3-5-7;1-4-6(3)5-2/h2-5H2,1H3;1-2H3/q;+1. The van der Waals surface area contributed by atoms with Gasteiger partial charge in [-0.15, -0.1) is 9.05 Å². The second-order valence-electron chi connectivity index (χ2n) is 3.04. The highest BCUT2D eigenvalue weighted by Gasteiger charge is 2.19. The molecule has 1 aliphatic rings. The molecule has 1 heterocycles. The molecule has 1 saturated heterocycles. The second-order valence-corrected chi connectivity index (χ2v) is 7.71. The highest BCUT2D eigenvalue weighted by molar-refractivity contribution is 7.63. The van der Waals surface area contributed by atoms with Crippen molar-refractivity contribution in [3.8, 4) is 0 Å². The molecule has 1 aliphatic heterocycles. The van der Waals surface area contributed by atoms with Crippen molar-refractivity contribution in [1.82, 2.24) is 0 Å². The predicted octanol–water partition coefficient (Wildman–Crippen LogP) is 2.71. The van der Waals surface area contributed by atoms with Crippen LogP contribution in [0.3, 0.4) is 0 Å². The first-order valence-electron chi connectivity index (χ1n) is 4.13. The first-order chi connectivity index (χ1) is 6.02. The summed E-state index contributed by atoms with van der Waals surface area (Å²) in [5.74, 6) is 0. The van der Waals surface area contributed by atoms with Gasteiger partial charge in [-0.1, -0.05) is 0 Å². The molecule has 0 spiro atoms. The van der Waals surface area contributed by atoms with Gasteiger partial charge in [0.1, 0.15) is 0 Å². The first kappa shape index (κ1) is 13.2. The molecule has 0 amide bonds. The third-order valence-electron chi connectivity index (χ3n) is 1.81. The lowest BCUT2D eigenvalue weighted by atomic mass is 10.4. The fraction of sp³-hybridized carbons (Fsp3) is 1.00. The maximum absolute atomic E-state index is 11.0. The number of rotatable bonds is 2. The van der Waals surface area contributed by atoms with Crippen LogP contribution < -0.4 is 0 Å². The van der Waals surface area contributed by atoms with Gasteiger partial charge in [0, 0.05) is 16.9 Å². The van der Waals surface area contributed by atoms with Gasteiger partial charge in [0.05, 0.1) is 21.4 Å². The molecule has 0 aliphatic carbocycles. The van der Waals surface area contributed by atoms with Crippen molar-refractivity contribution in [3.05, 3.63) is 0 Å². The molecule has 4 nitrogen and oxygen atoms in total. The third kappa shape index (κ3) is 7.33. The van der Waals surface area contributed by atoms with Gasteiger partial charge in [0.2, 0.25) is 0 Å². The Balaban J connectivity index is 0.000000226. The highest BCUT2D eigenvalue weighted by Crippen LogP contribution is 2.47. The van der Waals surface area contributed by atoms with Gasteiger partial charge in [-0.3, -0.25) is 0 Å². The fourth-order valence-corrected chi connectivity index (χ4v) is 3.24. The van der Waals surface area contributed by atoms with Crippen LogP contribution in [0, 0.1) is 0 Å². The Bertz CT molecular complexity index is 189. The molecule has 0 bridgehead atoms. The van der Waals surface area contributed by atoms with Crippen molar-refractivity contribution in [2.24, 2.45) is 0 Å². The summed E-state index contributed by atoms with van der Waals surface area (Å²) in [4.78, 5) is 0. The van der Waals surface area contributed by atoms with Gasteiger partial charge in [-0.05, 0) is 19.5 Å². The van der Waals surface area contributed by atoms with Crippen LogP contribution in [0.5, 0.6) is 0 Å². The Morgan fingerprint density at radius 2 is 1.54 bits per heavy atom. The topological polar surface area (TPSA) is 52.6 Å². The summed E-state index contributed by atoms with van der Waals surface area (Å²) in [7, 11) is -0.726. The smallest absolute Gasteiger partial charge is 0.324 e. The quantitative estimate of drug-likeness (QED) is 0.680. The molecule has 0 saturated carbocycles. The zero-order valence-corrected chi connectivity index (χ0v) is 10.1. The molecule has 1 rings (SSSR count). The Morgan fingerprint density at radius 3 is 1.62 bits per heavy atom. The van der Waals surface area contributed by atoms with E-state index < -0.39 is 15.4 Å². The molecule has 1 fully saturated rings. The Hall–Kier alpha value is 0.250. The van der Waals surface area contributed by atoms with Gasteiger partial charge >= 0.3 is 8.25 Å². The zero-order chi connectivity index (χ0) is 10.3. The normalized spacial score (nSPS) is 19.0. The molecule has 13 heavy (non-hydrogen) atoms. The maximum atomic E-state index is 11.0. The molecule has 78 valence electrons. The van der Waals surface area contributed by atoms with E-state index in [4.69, 9.17) is 0 Å². The largest absolute Gasteiger partial charge is 0.696 e. The van der Waals surface area contributed by atoms with E-state index >= 15 is 0 Å². The highest BCUT2D eigenvalue weighted by atomic mass is 31.2. The van der Waals surface area contributed by atoms with E-state index in [0.29, 0.717) is 0 Å². The van der Waals surface area contributed by atoms with Crippen LogP contribution in [0.25, 0.3) is 0 Å². The summed E-state index contributed by atoms with van der Waals surface area (Å²) in [5.41, 5.74) is 0. The van der Waals surface area contributed by atoms with Crippen LogP contribution in [0.15, 0.2) is 0 Å². The molecule has 0 aromatic carbocycles. The number of hydrogen-bond donors (Lipinski definition) is 0. The average Bonchev–Trinajstić information content (AvgIpc) is 2.49. The van der Waals surface area contributed by atoms with E-state index in [1.165, 1.54) is 27.1 Å². The van der Waals surface area contributed by atoms with Gasteiger partial charge in [-0.2, -0.15) is 0 Å². The van der Waals surface area contributed by atoms with Crippen LogP contribution >= 0.6 is 15.4 Å². The SMILES string of the molecule is CO[P+](=O)OC.CP1(=O)CCCC1. The van der Waals surface area contributed by atoms with Crippen molar-refractivity contribution in [3.63, 3.8) is 0 Å². The maximum Gasteiger partial charge on any atom is 0.696 e. The summed E-state index contributed by atoms with van der Waals surface area (Å²) >= 11 is 0. The van der Waals surface area contributed by atoms with Crippen molar-refractivity contribution in [1.29, 1.82) is 0 Å². The second kappa shape index (κ2) is 6.67. The molecule has 0 aromatic rings. The van der Waals surface area contributed by atoms with Crippen molar-refractivity contribution < 1.29 is 18.2 Å². The average molecular weight is 227 g/mol. The Kier molecular flexibility index (Phi) is 6.79. The van der Waals surface area contributed by atoms with Gasteiger partial charge < -0.3 is 4.57 Å². The lowest BCUT2D eigenvalue weighted by molar-refractivity contribution is 0.302. The van der Waals surface area contributed by atoms with Crippen molar-refractivity contribution in [2.75, 3.05) is 33.2 Å². The monoisotopic (exact) mass is 227 g/mol. The number of hydrogen-bond acceptors (Lipinski definition) is 4. The summed E-state index contributed by atoms with van der Waals surface area (Å²) in [6.07, 6.45) is 4.42. The molecule has 0 atom stereocenters. The Labute approximate surface area is 80.3 Å². The van der Waals surface area contributed by atoms with Gasteiger partial charge in [0.15, 0.2) is 0 Å². The minimum Gasteiger partial charge on any atom is -0.324 e. The van der Waals surface area contributed by atoms with E-state index in [2.05, 4.69) is 9.05 Å². The van der Waals surface area contributed by atoms with Gasteiger partial charge in [-0.25, -0.2) is 0 Å². The minimum absolute atomic E-state index is 1.01. The van der Waals surface area contributed by atoms with Crippen LogP contribution in [0.1, 0.15) is 12.8 Å². The molecule has 0 radical (unpaired) electrons. The molecule has 6 heteroatoms. The minimum atomic E-state index is -1.83. The summed E-state index contributed by atoms with van der Waals surface area (Å²) in [5, 5.41) is 0. The molecule has 0 N–H and O–H groups in total. The van der Waals surface area contributed by atoms with Crippen LogP contribution in [-0.2, 0) is 18.2 Å². The van der Waals surface area contributed by atoms with E-state index in [1.54, 1.807) is 0 Å². The van der Waals surface area contributed by atoms with Crippen molar-refractivity contribution in [2.45, 2.75) is 12.8 Å². The van der Waals surface area contributed by atoms with E-state index in [9.17, 15) is 9.13 Å². The van der Waals surface area contributed by atoms with E-state index in [-0.39, 0.29) is 0 Å². The fourth-order valence-electron chi connectivity index (χ4n) is 1.08. The summed E-state index contributed by atoms with van der Waals surface area (Å²) in [6, 6.07) is 0. The lowest BCUT2D eigenvalue weighted by Crippen LogP contribution is -1.75. The lowest BCUT2D eigenvalue weighted by Gasteiger charge is -1.96. The molecule has 0 aromatic heterocycles.